The van der Waals surface area contributed by atoms with Gasteiger partial charge in [-0.05, 0) is 35.8 Å². The molecule has 1 aliphatic carbocycles. The van der Waals surface area contributed by atoms with Crippen molar-refractivity contribution in [1.29, 1.82) is 0 Å². The van der Waals surface area contributed by atoms with E-state index in [1.807, 2.05) is 24.3 Å². The molecule has 0 atom stereocenters. The fraction of sp³-hybridized carbons (Fsp3) is 0.429. The molecule has 2 aromatic rings. The van der Waals surface area contributed by atoms with Crippen LogP contribution in [0.4, 0.5) is 8.78 Å². The van der Waals surface area contributed by atoms with Crippen molar-refractivity contribution in [2.75, 3.05) is 0 Å². The Hall–Kier alpha value is 0.105. The van der Waals surface area contributed by atoms with Gasteiger partial charge in [-0.1, -0.05) is 62.4 Å². The number of hydrogen-bond acceptors (Lipinski definition) is 0. The van der Waals surface area contributed by atoms with Crippen LogP contribution in [0.3, 0.4) is 0 Å². The minimum atomic E-state index is -0.918. The molecule has 0 bridgehead atoms. The Morgan fingerprint density at radius 1 is 1.00 bits per heavy atom. The zero-order chi connectivity index (χ0) is 16.2. The van der Waals surface area contributed by atoms with E-state index in [2.05, 4.69) is 13.0 Å². The number of rotatable bonds is 4. The summed E-state index contributed by atoms with van der Waals surface area (Å²) in [7, 11) is 0. The molecular weight excluding hydrogens is 376 g/mol. The Bertz CT molecular complexity index is 643. The van der Waals surface area contributed by atoms with E-state index in [1.54, 1.807) is 6.07 Å². The molecule has 0 aromatic heterocycles. The maximum Gasteiger partial charge on any atom is 1.00 e. The summed E-state index contributed by atoms with van der Waals surface area (Å²) in [5.74, 6) is 0.000647. The molecule has 0 radical (unpaired) electrons. The van der Waals surface area contributed by atoms with Crippen molar-refractivity contribution in [2.24, 2.45) is 11.8 Å². The molecule has 0 saturated heterocycles. The van der Waals surface area contributed by atoms with Gasteiger partial charge in [-0.2, -0.15) is 12.1 Å². The average Bonchev–Trinajstić information content (AvgIpc) is 2.57. The molecule has 1 aliphatic rings. The SMILES string of the molecule is CC1CCC(CCc2ccc(-c3cc[c-]c(F)c3F)cc2)CC1.[Rb+]. The molecule has 24 heavy (non-hydrogen) atoms. The summed E-state index contributed by atoms with van der Waals surface area (Å²) in [6.07, 6.45) is 7.72. The van der Waals surface area contributed by atoms with Crippen LogP contribution in [-0.2, 0) is 6.42 Å². The fourth-order valence-corrected chi connectivity index (χ4v) is 3.52. The molecule has 1 fully saturated rings. The van der Waals surface area contributed by atoms with Gasteiger partial charge in [0.15, 0.2) is 0 Å². The van der Waals surface area contributed by atoms with Crippen molar-refractivity contribution >= 4 is 0 Å². The predicted molar refractivity (Wildman–Crippen MR) is 90.1 cm³/mol. The normalized spacial score (nSPS) is 20.5. The van der Waals surface area contributed by atoms with Crippen molar-refractivity contribution < 1.29 is 67.0 Å². The third-order valence-corrected chi connectivity index (χ3v) is 5.13. The predicted octanol–water partition coefficient (Wildman–Crippen LogP) is 3.19. The first-order chi connectivity index (χ1) is 11.1. The zero-order valence-corrected chi connectivity index (χ0v) is 19.5. The van der Waals surface area contributed by atoms with Gasteiger partial charge >= 0.3 is 58.2 Å². The number of hydrogen-bond donors (Lipinski definition) is 0. The van der Waals surface area contributed by atoms with Gasteiger partial charge in [0.25, 0.3) is 0 Å². The van der Waals surface area contributed by atoms with Crippen LogP contribution >= 0.6 is 0 Å². The van der Waals surface area contributed by atoms with E-state index in [9.17, 15) is 8.78 Å². The first kappa shape index (κ1) is 20.4. The van der Waals surface area contributed by atoms with Gasteiger partial charge in [0, 0.05) is 5.82 Å². The Morgan fingerprint density at radius 2 is 1.67 bits per heavy atom. The maximum absolute atomic E-state index is 13.8. The summed E-state index contributed by atoms with van der Waals surface area (Å²) < 4.78 is 27.1. The minimum absolute atomic E-state index is 0. The quantitative estimate of drug-likeness (QED) is 0.694. The third kappa shape index (κ3) is 5.30. The van der Waals surface area contributed by atoms with Crippen LogP contribution in [-0.4, -0.2) is 0 Å². The summed E-state index contributed by atoms with van der Waals surface area (Å²) in [5.41, 5.74) is 2.29. The first-order valence-corrected chi connectivity index (χ1v) is 8.58. The molecule has 0 heterocycles. The van der Waals surface area contributed by atoms with Gasteiger partial charge in [-0.25, -0.2) is 4.39 Å². The Balaban J connectivity index is 0.00000208. The van der Waals surface area contributed by atoms with Gasteiger partial charge in [0.1, 0.15) is 0 Å². The summed E-state index contributed by atoms with van der Waals surface area (Å²) in [6, 6.07) is 13.1. The van der Waals surface area contributed by atoms with Gasteiger partial charge in [-0.3, -0.25) is 4.39 Å². The van der Waals surface area contributed by atoms with Gasteiger partial charge in [0.05, 0.1) is 5.82 Å². The molecule has 3 rings (SSSR count). The van der Waals surface area contributed by atoms with Crippen LogP contribution in [0.25, 0.3) is 11.1 Å². The molecule has 0 spiro atoms. The monoisotopic (exact) mass is 398 g/mol. The standard InChI is InChI=1S/C21H23F2.Rb/c1-15-5-7-16(8-6-15)9-10-17-11-13-18(14-12-17)19-3-2-4-20(22)21(19)23;/h2-3,11-16H,5-10H2,1H3;/q-1;+1. The molecule has 0 amide bonds. The summed E-state index contributed by atoms with van der Waals surface area (Å²) in [5, 5.41) is 0. The largest absolute Gasteiger partial charge is 1.00 e. The zero-order valence-electron chi connectivity index (χ0n) is 14.6. The smallest absolute Gasteiger partial charge is 0.281 e. The Labute approximate surface area is 192 Å². The second kappa shape index (κ2) is 9.71. The number of benzene rings is 2. The molecule has 122 valence electrons. The van der Waals surface area contributed by atoms with Crippen LogP contribution < -0.4 is 58.2 Å². The van der Waals surface area contributed by atoms with E-state index in [0.29, 0.717) is 11.1 Å². The molecule has 2 aromatic carbocycles. The molecule has 0 unspecified atom stereocenters. The van der Waals surface area contributed by atoms with E-state index in [0.717, 1.165) is 18.3 Å². The van der Waals surface area contributed by atoms with Crippen molar-refractivity contribution in [3.63, 3.8) is 0 Å². The summed E-state index contributed by atoms with van der Waals surface area (Å²) in [6.45, 7) is 2.35. The number of aryl methyl sites for hydroxylation is 1. The van der Waals surface area contributed by atoms with E-state index in [4.69, 9.17) is 0 Å². The molecule has 0 N–H and O–H groups in total. The Morgan fingerprint density at radius 3 is 2.33 bits per heavy atom. The summed E-state index contributed by atoms with van der Waals surface area (Å²) >= 11 is 0. The first-order valence-electron chi connectivity index (χ1n) is 8.58. The molecule has 1 saturated carbocycles. The van der Waals surface area contributed by atoms with Crippen molar-refractivity contribution in [1.82, 2.24) is 0 Å². The molecular formula is C21H23F2Rb. The van der Waals surface area contributed by atoms with Crippen LogP contribution in [0.1, 0.15) is 44.6 Å². The van der Waals surface area contributed by atoms with Crippen LogP contribution in [0.15, 0.2) is 36.4 Å². The topological polar surface area (TPSA) is 0 Å². The molecule has 3 heteroatoms. The van der Waals surface area contributed by atoms with Crippen molar-refractivity contribution in [3.8, 4) is 11.1 Å². The second-order valence-electron chi connectivity index (χ2n) is 6.88. The van der Waals surface area contributed by atoms with Crippen molar-refractivity contribution in [3.05, 3.63) is 59.7 Å². The van der Waals surface area contributed by atoms with Crippen molar-refractivity contribution in [2.45, 2.75) is 45.4 Å². The Kier molecular flexibility index (Phi) is 8.26. The van der Waals surface area contributed by atoms with Gasteiger partial charge in [-0.15, -0.1) is 6.07 Å². The van der Waals surface area contributed by atoms with E-state index in [1.165, 1.54) is 43.7 Å². The summed E-state index contributed by atoms with van der Waals surface area (Å²) in [4.78, 5) is 0. The fourth-order valence-electron chi connectivity index (χ4n) is 3.52. The molecule has 0 nitrogen and oxygen atoms in total. The minimum Gasteiger partial charge on any atom is -0.281 e. The molecule has 0 aliphatic heterocycles. The van der Waals surface area contributed by atoms with Gasteiger partial charge < -0.3 is 0 Å². The number of halogens is 2. The second-order valence-corrected chi connectivity index (χ2v) is 6.88. The van der Waals surface area contributed by atoms with Crippen LogP contribution in [0.2, 0.25) is 0 Å². The van der Waals surface area contributed by atoms with E-state index in [-0.39, 0.29) is 58.2 Å². The van der Waals surface area contributed by atoms with E-state index >= 15 is 0 Å². The average molecular weight is 399 g/mol. The van der Waals surface area contributed by atoms with Crippen LogP contribution in [0, 0.1) is 29.5 Å². The van der Waals surface area contributed by atoms with E-state index < -0.39 is 11.6 Å². The maximum atomic E-state index is 13.8. The van der Waals surface area contributed by atoms with Gasteiger partial charge in [0.2, 0.25) is 0 Å². The third-order valence-electron chi connectivity index (χ3n) is 5.13. The van der Waals surface area contributed by atoms with Crippen LogP contribution in [0.5, 0.6) is 0 Å².